The lowest BCUT2D eigenvalue weighted by Gasteiger charge is -2.10. The minimum Gasteiger partial charge on any atom is -0.384 e. The molecule has 0 atom stereocenters. The third-order valence-corrected chi connectivity index (χ3v) is 6.60. The van der Waals surface area contributed by atoms with Crippen LogP contribution >= 0.6 is 37.2 Å². The fraction of sp³-hybridized carbons (Fsp3) is 0.0625. The second kappa shape index (κ2) is 16.2. The Hall–Kier alpha value is -4.98. The van der Waals surface area contributed by atoms with Crippen LogP contribution in [-0.4, -0.2) is 34.8 Å². The number of anilines is 1. The van der Waals surface area contributed by atoms with Gasteiger partial charge in [-0.3, -0.25) is 9.59 Å². The summed E-state index contributed by atoms with van der Waals surface area (Å²) in [5, 5.41) is 10.9. The lowest BCUT2D eigenvalue weighted by Crippen LogP contribution is -2.14. The Kier molecular flexibility index (Phi) is 12.1. The van der Waals surface area contributed by atoms with Crippen molar-refractivity contribution in [3.05, 3.63) is 139 Å². The van der Waals surface area contributed by atoms with E-state index in [2.05, 4.69) is 67.1 Å². The third-order valence-electron chi connectivity index (χ3n) is 6.60. The highest BCUT2D eigenvalue weighted by Gasteiger charge is 2.18. The second-order valence-corrected chi connectivity index (χ2v) is 9.89. The molecule has 0 unspecified atom stereocenters. The number of hydrogen-bond acceptors (Lipinski definition) is 9. The van der Waals surface area contributed by atoms with Crippen molar-refractivity contribution in [1.82, 2.24) is 29.9 Å². The predicted octanol–water partition coefficient (Wildman–Crippen LogP) is 7.15. The summed E-state index contributed by atoms with van der Waals surface area (Å²) in [4.78, 5) is 56.6. The first-order valence-electron chi connectivity index (χ1n) is 13.7. The summed E-state index contributed by atoms with van der Waals surface area (Å²) in [5.41, 5.74) is 8.45. The molecule has 0 aliphatic carbocycles. The molecule has 0 saturated heterocycles. The van der Waals surface area contributed by atoms with Gasteiger partial charge in [-0.2, -0.15) is 0 Å². The number of nitrogens with zero attached hydrogens (tertiary/aromatic N) is 5. The molecule has 0 amide bonds. The average molecular weight is 876 g/mol. The number of halogens is 4. The van der Waals surface area contributed by atoms with Gasteiger partial charge in [-0.25, -0.2) is 23.7 Å². The zero-order valence-corrected chi connectivity index (χ0v) is 29.4. The van der Waals surface area contributed by atoms with E-state index in [4.69, 9.17) is 5.73 Å². The van der Waals surface area contributed by atoms with Crippen molar-refractivity contribution in [2.75, 3.05) is 5.73 Å². The zero-order chi connectivity index (χ0) is 35.0. The van der Waals surface area contributed by atoms with Gasteiger partial charge in [-0.1, -0.05) is 24.3 Å². The SMILES string of the molecule is Cc1nc(-c2ccnc(N)c2)c(-c2ccc(F)cc2)c(=O)[nH]1.Cc1nc(-c2ccnc([N+](=O)[O-])c2)c(-c2ccc(F)cc2)c(=O)[nH]1.II. The summed E-state index contributed by atoms with van der Waals surface area (Å²) < 4.78 is 26.3. The van der Waals surface area contributed by atoms with Gasteiger partial charge >= 0.3 is 5.82 Å². The molecule has 6 rings (SSSR count). The molecule has 2 aromatic carbocycles. The molecule has 4 N–H and O–H groups in total. The highest BCUT2D eigenvalue weighted by atomic mass is 128. The van der Waals surface area contributed by atoms with Crippen LogP contribution in [0.1, 0.15) is 11.6 Å². The number of pyridine rings is 2. The first-order chi connectivity index (χ1) is 23.0. The minimum absolute atomic E-state index is 0.209. The molecule has 0 saturated carbocycles. The van der Waals surface area contributed by atoms with Crippen LogP contribution in [0.25, 0.3) is 44.8 Å². The Morgan fingerprint density at radius 2 is 1.10 bits per heavy atom. The maximum Gasteiger partial charge on any atom is 0.364 e. The van der Waals surface area contributed by atoms with Gasteiger partial charge in [0.2, 0.25) is 0 Å². The van der Waals surface area contributed by atoms with E-state index in [1.165, 1.54) is 54.7 Å². The largest absolute Gasteiger partial charge is 0.384 e. The number of aromatic amines is 2. The standard InChI is InChI=1S/C16H11FN4O3.C16H13FN4O.I2/c1-9-19-15(11-6-7-18-13(8-11)21(23)24)14(16(22)20-9)10-2-4-12(17)5-3-10;1-9-20-15(11-6-7-19-13(18)8-11)14(16(22)21-9)10-2-4-12(17)5-3-10;1-2/h2-8H,1H3,(H,19,20,22);2-8H,1H3,(H2,18,19)(H,20,21,22);. The number of benzene rings is 2. The average Bonchev–Trinajstić information content (AvgIpc) is 3.06. The van der Waals surface area contributed by atoms with E-state index in [-0.39, 0.29) is 28.5 Å². The molecule has 16 heteroatoms. The van der Waals surface area contributed by atoms with Crippen LogP contribution in [0.2, 0.25) is 0 Å². The number of aryl methyl sites for hydroxylation is 2. The molecule has 0 bridgehead atoms. The van der Waals surface area contributed by atoms with E-state index in [0.29, 0.717) is 51.0 Å². The van der Waals surface area contributed by atoms with E-state index >= 15 is 0 Å². The molecular weight excluding hydrogens is 852 g/mol. The van der Waals surface area contributed by atoms with Crippen LogP contribution in [0.15, 0.2) is 94.8 Å². The van der Waals surface area contributed by atoms with Gasteiger partial charge in [-0.15, -0.1) is 0 Å². The summed E-state index contributed by atoms with van der Waals surface area (Å²) in [6.07, 6.45) is 2.83. The first-order valence-corrected chi connectivity index (χ1v) is 20.0. The Bertz CT molecular complexity index is 2200. The molecule has 0 spiro atoms. The zero-order valence-electron chi connectivity index (χ0n) is 25.0. The number of nitrogens with two attached hydrogens (primary N) is 1. The van der Waals surface area contributed by atoms with Gasteiger partial charge in [-0.05, 0) is 77.3 Å². The monoisotopic (exact) mass is 876 g/mol. The van der Waals surface area contributed by atoms with Gasteiger partial charge in [0.05, 0.1) is 22.5 Å². The fourth-order valence-electron chi connectivity index (χ4n) is 4.62. The third kappa shape index (κ3) is 8.68. The maximum absolute atomic E-state index is 13.1. The lowest BCUT2D eigenvalue weighted by atomic mass is 10.0. The topological polar surface area (TPSA) is 186 Å². The number of H-pyrrole nitrogens is 2. The molecule has 6 aromatic rings. The summed E-state index contributed by atoms with van der Waals surface area (Å²) in [6, 6.07) is 17.2. The van der Waals surface area contributed by atoms with Crippen LogP contribution < -0.4 is 16.9 Å². The molecule has 0 radical (unpaired) electrons. The maximum atomic E-state index is 13.1. The molecule has 244 valence electrons. The predicted molar refractivity (Wildman–Crippen MR) is 196 cm³/mol. The molecule has 4 aromatic heterocycles. The molecular formula is C32H24F2I2N8O4. The first kappa shape index (κ1) is 35.9. The van der Waals surface area contributed by atoms with Crippen molar-refractivity contribution in [2.24, 2.45) is 0 Å². The molecule has 0 aliphatic heterocycles. The van der Waals surface area contributed by atoms with Crippen molar-refractivity contribution in [3.63, 3.8) is 0 Å². The summed E-state index contributed by atoms with van der Waals surface area (Å²) in [5.74, 6) is 0.0347. The van der Waals surface area contributed by atoms with Crippen molar-refractivity contribution < 1.29 is 13.7 Å². The van der Waals surface area contributed by atoms with E-state index in [0.717, 1.165) is 0 Å². The molecule has 12 nitrogen and oxygen atoms in total. The van der Waals surface area contributed by atoms with E-state index < -0.39 is 16.3 Å². The molecule has 0 fully saturated rings. The van der Waals surface area contributed by atoms with Crippen LogP contribution in [-0.2, 0) is 0 Å². The van der Waals surface area contributed by atoms with E-state index in [1.807, 2.05) is 0 Å². The van der Waals surface area contributed by atoms with Gasteiger partial charge < -0.3 is 25.8 Å². The minimum atomic E-state index is -0.624. The van der Waals surface area contributed by atoms with Gasteiger partial charge in [0, 0.05) is 60.6 Å². The van der Waals surface area contributed by atoms with Gasteiger partial charge in [0.1, 0.15) is 35.3 Å². The Morgan fingerprint density at radius 1 is 0.688 bits per heavy atom. The smallest absolute Gasteiger partial charge is 0.364 e. The fourth-order valence-corrected chi connectivity index (χ4v) is 4.62. The number of nitro groups is 1. The summed E-state index contributed by atoms with van der Waals surface area (Å²) >= 11 is 4.24. The van der Waals surface area contributed by atoms with E-state index in [1.54, 1.807) is 44.3 Å². The number of nitrogens with one attached hydrogen (secondary N) is 2. The number of hydrogen-bond donors (Lipinski definition) is 3. The van der Waals surface area contributed by atoms with E-state index in [9.17, 15) is 28.5 Å². The Morgan fingerprint density at radius 3 is 1.52 bits per heavy atom. The molecule has 4 heterocycles. The van der Waals surface area contributed by atoms with Crippen molar-refractivity contribution in [3.8, 4) is 44.8 Å². The van der Waals surface area contributed by atoms with Crippen molar-refractivity contribution in [2.45, 2.75) is 13.8 Å². The van der Waals surface area contributed by atoms with Gasteiger partial charge in [0.15, 0.2) is 0 Å². The highest BCUT2D eigenvalue weighted by molar-refractivity contribution is 15.0. The normalized spacial score (nSPS) is 10.3. The van der Waals surface area contributed by atoms with Gasteiger partial charge in [0.25, 0.3) is 11.1 Å². The van der Waals surface area contributed by atoms with Crippen LogP contribution in [0, 0.1) is 35.6 Å². The van der Waals surface area contributed by atoms with Crippen LogP contribution in [0.3, 0.4) is 0 Å². The summed E-state index contributed by atoms with van der Waals surface area (Å²) in [7, 11) is 0. The van der Waals surface area contributed by atoms with Crippen molar-refractivity contribution >= 4 is 48.9 Å². The molecule has 48 heavy (non-hydrogen) atoms. The highest BCUT2D eigenvalue weighted by Crippen LogP contribution is 2.30. The number of nitrogen functional groups attached to an aromatic ring is 1. The van der Waals surface area contributed by atoms with Crippen LogP contribution in [0.4, 0.5) is 20.4 Å². The Balaban J connectivity index is 0.000000207. The number of aromatic nitrogens is 6. The summed E-state index contributed by atoms with van der Waals surface area (Å²) in [6.45, 7) is 3.30. The Labute approximate surface area is 294 Å². The molecule has 0 aliphatic rings. The quantitative estimate of drug-likeness (QED) is 0.0919. The van der Waals surface area contributed by atoms with Crippen molar-refractivity contribution in [1.29, 1.82) is 0 Å². The lowest BCUT2D eigenvalue weighted by molar-refractivity contribution is -0.389. The number of rotatable bonds is 5. The van der Waals surface area contributed by atoms with Crippen LogP contribution in [0.5, 0.6) is 0 Å². The second-order valence-electron chi connectivity index (χ2n) is 9.89.